The predicted octanol–water partition coefficient (Wildman–Crippen LogP) is 3.30. The van der Waals surface area contributed by atoms with E-state index in [0.29, 0.717) is 5.56 Å². The molecule has 0 radical (unpaired) electrons. The Labute approximate surface area is 123 Å². The highest BCUT2D eigenvalue weighted by molar-refractivity contribution is 5.92. The Balaban J connectivity index is 2.01. The molecule has 0 saturated carbocycles. The van der Waals surface area contributed by atoms with E-state index in [2.05, 4.69) is 5.32 Å². The minimum Gasteiger partial charge on any atom is -0.504 e. The summed E-state index contributed by atoms with van der Waals surface area (Å²) >= 11 is 0. The van der Waals surface area contributed by atoms with E-state index in [1.165, 1.54) is 18.2 Å². The minimum atomic E-state index is -4.42. The van der Waals surface area contributed by atoms with Crippen molar-refractivity contribution in [2.45, 2.75) is 12.6 Å². The fourth-order valence-corrected chi connectivity index (χ4v) is 1.81. The highest BCUT2D eigenvalue weighted by atomic mass is 19.4. The molecule has 0 aliphatic carbocycles. The molecule has 3 N–H and O–H groups in total. The smallest absolute Gasteiger partial charge is 0.416 e. The van der Waals surface area contributed by atoms with E-state index >= 15 is 0 Å². The zero-order chi connectivity index (χ0) is 16.3. The van der Waals surface area contributed by atoms with Crippen LogP contribution in [0.5, 0.6) is 11.5 Å². The molecular weight excluding hydrogens is 299 g/mol. The van der Waals surface area contributed by atoms with E-state index in [1.54, 1.807) is 0 Å². The molecule has 1 amide bonds. The Kier molecular flexibility index (Phi) is 4.25. The van der Waals surface area contributed by atoms with Gasteiger partial charge in [-0.05, 0) is 42.0 Å². The number of hydrogen-bond donors (Lipinski definition) is 3. The topological polar surface area (TPSA) is 69.6 Å². The number of anilines is 1. The maximum Gasteiger partial charge on any atom is 0.416 e. The van der Waals surface area contributed by atoms with Gasteiger partial charge in [-0.3, -0.25) is 4.79 Å². The van der Waals surface area contributed by atoms with Crippen LogP contribution in [0, 0.1) is 0 Å². The molecular formula is C15H12F3NO3. The first kappa shape index (κ1) is 15.7. The molecule has 2 aromatic carbocycles. The van der Waals surface area contributed by atoms with Crippen LogP contribution in [-0.2, 0) is 17.4 Å². The van der Waals surface area contributed by atoms with Crippen molar-refractivity contribution < 1.29 is 28.2 Å². The van der Waals surface area contributed by atoms with Crippen molar-refractivity contribution in [3.05, 3.63) is 53.6 Å². The third-order valence-electron chi connectivity index (χ3n) is 2.90. The maximum absolute atomic E-state index is 12.4. The van der Waals surface area contributed by atoms with Gasteiger partial charge in [0, 0.05) is 5.69 Å². The molecule has 0 aliphatic rings. The molecule has 22 heavy (non-hydrogen) atoms. The molecule has 116 valence electrons. The lowest BCUT2D eigenvalue weighted by Crippen LogP contribution is -2.14. The molecule has 0 saturated heterocycles. The fraction of sp³-hybridized carbons (Fsp3) is 0.133. The van der Waals surface area contributed by atoms with Gasteiger partial charge in [0.15, 0.2) is 11.5 Å². The normalized spacial score (nSPS) is 11.2. The van der Waals surface area contributed by atoms with Gasteiger partial charge >= 0.3 is 6.18 Å². The van der Waals surface area contributed by atoms with Gasteiger partial charge < -0.3 is 15.5 Å². The van der Waals surface area contributed by atoms with Crippen LogP contribution in [-0.4, -0.2) is 16.1 Å². The highest BCUT2D eigenvalue weighted by Gasteiger charge is 2.29. The van der Waals surface area contributed by atoms with Crippen molar-refractivity contribution in [2.75, 3.05) is 5.32 Å². The van der Waals surface area contributed by atoms with Crippen molar-refractivity contribution in [2.24, 2.45) is 0 Å². The molecule has 0 atom stereocenters. The monoisotopic (exact) mass is 311 g/mol. The van der Waals surface area contributed by atoms with Crippen LogP contribution < -0.4 is 5.32 Å². The number of phenols is 2. The van der Waals surface area contributed by atoms with Gasteiger partial charge in [0.05, 0.1) is 12.0 Å². The van der Waals surface area contributed by atoms with Crippen LogP contribution in [0.2, 0.25) is 0 Å². The number of benzene rings is 2. The minimum absolute atomic E-state index is 0.0884. The first-order valence-corrected chi connectivity index (χ1v) is 6.23. The van der Waals surface area contributed by atoms with Crippen LogP contribution in [0.15, 0.2) is 42.5 Å². The number of amides is 1. The quantitative estimate of drug-likeness (QED) is 0.762. The van der Waals surface area contributed by atoms with E-state index in [4.69, 9.17) is 5.11 Å². The molecule has 4 nitrogen and oxygen atoms in total. The van der Waals surface area contributed by atoms with Gasteiger partial charge in [-0.2, -0.15) is 13.2 Å². The lowest BCUT2D eigenvalue weighted by Gasteiger charge is -2.09. The summed E-state index contributed by atoms with van der Waals surface area (Å²) in [6, 6.07) is 8.02. The van der Waals surface area contributed by atoms with Crippen molar-refractivity contribution in [3.8, 4) is 11.5 Å². The van der Waals surface area contributed by atoms with Crippen molar-refractivity contribution in [1.82, 2.24) is 0 Å². The first-order chi connectivity index (χ1) is 10.3. The Bertz CT molecular complexity index is 681. The predicted molar refractivity (Wildman–Crippen MR) is 73.5 cm³/mol. The average Bonchev–Trinajstić information content (AvgIpc) is 2.42. The summed E-state index contributed by atoms with van der Waals surface area (Å²) in [6.07, 6.45) is -4.51. The summed E-state index contributed by atoms with van der Waals surface area (Å²) in [4.78, 5) is 11.8. The number of carbonyl (C=O) groups is 1. The maximum atomic E-state index is 12.4. The summed E-state index contributed by atoms with van der Waals surface area (Å²) < 4.78 is 37.2. The Hall–Kier alpha value is -2.70. The molecule has 7 heteroatoms. The standard InChI is InChI=1S/C15H12F3NO3/c16-15(17,18)10-2-4-11(5-3-10)19-14(22)8-9-1-6-12(20)13(21)7-9/h1-7,20-21H,8H2,(H,19,22). The lowest BCUT2D eigenvalue weighted by molar-refractivity contribution is -0.137. The number of halogens is 3. The molecule has 0 bridgehead atoms. The van der Waals surface area contributed by atoms with Gasteiger partial charge in [-0.25, -0.2) is 0 Å². The second-order valence-corrected chi connectivity index (χ2v) is 4.62. The third-order valence-corrected chi connectivity index (χ3v) is 2.90. The zero-order valence-electron chi connectivity index (χ0n) is 11.2. The highest BCUT2D eigenvalue weighted by Crippen LogP contribution is 2.30. The number of phenolic OH excluding ortho intramolecular Hbond substituents is 2. The molecule has 2 aromatic rings. The molecule has 0 aliphatic heterocycles. The number of nitrogens with one attached hydrogen (secondary N) is 1. The molecule has 0 unspecified atom stereocenters. The van der Waals surface area contributed by atoms with E-state index < -0.39 is 17.6 Å². The molecule has 0 spiro atoms. The third kappa shape index (κ3) is 3.91. The van der Waals surface area contributed by atoms with Crippen LogP contribution >= 0.6 is 0 Å². The number of hydrogen-bond acceptors (Lipinski definition) is 3. The summed E-state index contributed by atoms with van der Waals surface area (Å²) in [6.45, 7) is 0. The van der Waals surface area contributed by atoms with E-state index in [9.17, 15) is 23.1 Å². The van der Waals surface area contributed by atoms with Gasteiger partial charge in [-0.1, -0.05) is 6.07 Å². The molecule has 0 aromatic heterocycles. The van der Waals surface area contributed by atoms with Crippen LogP contribution in [0.4, 0.5) is 18.9 Å². The average molecular weight is 311 g/mol. The zero-order valence-corrected chi connectivity index (χ0v) is 11.2. The van der Waals surface area contributed by atoms with Crippen molar-refractivity contribution in [3.63, 3.8) is 0 Å². The van der Waals surface area contributed by atoms with Crippen molar-refractivity contribution >= 4 is 11.6 Å². The summed E-state index contributed by atoms with van der Waals surface area (Å²) in [7, 11) is 0. The van der Waals surface area contributed by atoms with Gasteiger partial charge in [0.1, 0.15) is 0 Å². The lowest BCUT2D eigenvalue weighted by atomic mass is 10.1. The molecule has 0 fully saturated rings. The number of alkyl halides is 3. The van der Waals surface area contributed by atoms with Gasteiger partial charge in [0.25, 0.3) is 0 Å². The van der Waals surface area contributed by atoms with E-state index in [0.717, 1.165) is 24.3 Å². The van der Waals surface area contributed by atoms with Gasteiger partial charge in [-0.15, -0.1) is 0 Å². The van der Waals surface area contributed by atoms with Gasteiger partial charge in [0.2, 0.25) is 5.91 Å². The number of carbonyl (C=O) groups excluding carboxylic acids is 1. The van der Waals surface area contributed by atoms with E-state index in [1.807, 2.05) is 0 Å². The van der Waals surface area contributed by atoms with Crippen LogP contribution in [0.25, 0.3) is 0 Å². The van der Waals surface area contributed by atoms with Crippen molar-refractivity contribution in [1.29, 1.82) is 0 Å². The SMILES string of the molecule is O=C(Cc1ccc(O)c(O)c1)Nc1ccc(C(F)(F)F)cc1. The van der Waals surface area contributed by atoms with Crippen LogP contribution in [0.1, 0.15) is 11.1 Å². The fourth-order valence-electron chi connectivity index (χ4n) is 1.81. The van der Waals surface area contributed by atoms with Crippen LogP contribution in [0.3, 0.4) is 0 Å². The number of aromatic hydroxyl groups is 2. The molecule has 2 rings (SSSR count). The van der Waals surface area contributed by atoms with E-state index in [-0.39, 0.29) is 23.6 Å². The Morgan fingerprint density at radius 1 is 1.00 bits per heavy atom. The largest absolute Gasteiger partial charge is 0.504 e. The Morgan fingerprint density at radius 2 is 1.64 bits per heavy atom. The summed E-state index contributed by atoms with van der Waals surface area (Å²) in [5.41, 5.74) is -0.102. The second-order valence-electron chi connectivity index (χ2n) is 4.62. The first-order valence-electron chi connectivity index (χ1n) is 6.23. The second kappa shape index (κ2) is 5.97. The summed E-state index contributed by atoms with van der Waals surface area (Å²) in [5, 5.41) is 20.9. The summed E-state index contributed by atoms with van der Waals surface area (Å²) in [5.74, 6) is -1.10. The molecule has 0 heterocycles. The Morgan fingerprint density at radius 3 is 2.18 bits per heavy atom. The number of rotatable bonds is 3.